The molecule has 0 saturated carbocycles. The van der Waals surface area contributed by atoms with E-state index < -0.39 is 24.3 Å². The van der Waals surface area contributed by atoms with Crippen molar-refractivity contribution in [3.63, 3.8) is 0 Å². The van der Waals surface area contributed by atoms with Crippen molar-refractivity contribution in [3.8, 4) is 17.2 Å². The highest BCUT2D eigenvalue weighted by molar-refractivity contribution is 5.84. The number of amides is 1. The number of carbonyl (C=O) groups excluding carboxylic acids is 1. The van der Waals surface area contributed by atoms with Crippen molar-refractivity contribution in [2.75, 3.05) is 12.4 Å². The Kier molecular flexibility index (Phi) is 9.33. The zero-order valence-corrected chi connectivity index (χ0v) is 20.1. The molecule has 8 heteroatoms. The molecule has 0 aliphatic carbocycles. The van der Waals surface area contributed by atoms with Crippen molar-refractivity contribution < 1.29 is 34.0 Å². The van der Waals surface area contributed by atoms with Gasteiger partial charge < -0.3 is 24.4 Å². The molecule has 0 radical (unpaired) electrons. The summed E-state index contributed by atoms with van der Waals surface area (Å²) in [5.41, 5.74) is 2.09. The summed E-state index contributed by atoms with van der Waals surface area (Å²) in [5, 5.41) is 22.0. The molecular weight excluding hydrogens is 462 g/mol. The first-order valence-corrected chi connectivity index (χ1v) is 11.4. The number of para-hydroxylation sites is 1. The van der Waals surface area contributed by atoms with Crippen LogP contribution in [0.25, 0.3) is 0 Å². The molecule has 0 fully saturated rings. The summed E-state index contributed by atoms with van der Waals surface area (Å²) in [4.78, 5) is 23.8. The molecule has 3 N–H and O–H groups in total. The topological polar surface area (TPSA) is 114 Å². The first kappa shape index (κ1) is 26.2. The predicted molar refractivity (Wildman–Crippen MR) is 136 cm³/mol. The standard InChI is InChI=1S/C28H29NO7/c1-19-12-15-21(16-13-19)29-28(33)36-27(20-14-17-24(34-2)23(30)18-20)25(10-6-7-11-26(31)32)35-22-8-4-3-5-9-22/h3-5,7-9,11-18,25,27,30H,6,10H2,1-2H3,(H,29,33)(H,31,32)/b11-7+/t25-,27-/m0/s1. The van der Waals surface area contributed by atoms with Gasteiger partial charge in [-0.2, -0.15) is 0 Å². The van der Waals surface area contributed by atoms with Crippen molar-refractivity contribution in [1.29, 1.82) is 0 Å². The van der Waals surface area contributed by atoms with E-state index >= 15 is 0 Å². The summed E-state index contributed by atoms with van der Waals surface area (Å²) in [6, 6.07) is 21.0. The average Bonchev–Trinajstić information content (AvgIpc) is 2.86. The van der Waals surface area contributed by atoms with Gasteiger partial charge >= 0.3 is 12.1 Å². The van der Waals surface area contributed by atoms with Gasteiger partial charge in [0.25, 0.3) is 0 Å². The molecule has 188 valence electrons. The molecule has 0 aromatic heterocycles. The van der Waals surface area contributed by atoms with Crippen LogP contribution in [0.15, 0.2) is 84.9 Å². The summed E-state index contributed by atoms with van der Waals surface area (Å²) < 4.78 is 17.2. The largest absolute Gasteiger partial charge is 0.504 e. The lowest BCUT2D eigenvalue weighted by atomic mass is 9.99. The van der Waals surface area contributed by atoms with Crippen LogP contribution in [0.2, 0.25) is 0 Å². The summed E-state index contributed by atoms with van der Waals surface area (Å²) in [5.74, 6) is -0.353. The number of hydrogen-bond acceptors (Lipinski definition) is 6. The van der Waals surface area contributed by atoms with Gasteiger partial charge in [0.2, 0.25) is 0 Å². The lowest BCUT2D eigenvalue weighted by molar-refractivity contribution is -0.131. The van der Waals surface area contributed by atoms with Crippen molar-refractivity contribution in [2.45, 2.75) is 32.0 Å². The van der Waals surface area contributed by atoms with Crippen LogP contribution in [0.1, 0.15) is 30.1 Å². The number of anilines is 1. The summed E-state index contributed by atoms with van der Waals surface area (Å²) in [6.07, 6.45) is 0.895. The Morgan fingerprint density at radius 3 is 2.39 bits per heavy atom. The number of hydrogen-bond donors (Lipinski definition) is 3. The van der Waals surface area contributed by atoms with Gasteiger partial charge in [-0.15, -0.1) is 0 Å². The van der Waals surface area contributed by atoms with E-state index in [0.29, 0.717) is 29.8 Å². The minimum absolute atomic E-state index is 0.119. The van der Waals surface area contributed by atoms with Crippen LogP contribution in [-0.4, -0.2) is 35.5 Å². The number of allylic oxidation sites excluding steroid dienone is 1. The van der Waals surface area contributed by atoms with Crippen LogP contribution >= 0.6 is 0 Å². The Bertz CT molecular complexity index is 1180. The van der Waals surface area contributed by atoms with E-state index in [2.05, 4.69) is 5.32 Å². The maximum atomic E-state index is 12.9. The molecule has 3 rings (SSSR count). The minimum Gasteiger partial charge on any atom is -0.504 e. The van der Waals surface area contributed by atoms with Crippen LogP contribution in [-0.2, 0) is 9.53 Å². The number of phenols is 1. The van der Waals surface area contributed by atoms with Gasteiger partial charge in [0.1, 0.15) is 11.9 Å². The highest BCUT2D eigenvalue weighted by Crippen LogP contribution is 2.34. The molecule has 36 heavy (non-hydrogen) atoms. The zero-order valence-electron chi connectivity index (χ0n) is 20.1. The first-order chi connectivity index (χ1) is 17.4. The Balaban J connectivity index is 1.92. The van der Waals surface area contributed by atoms with Gasteiger partial charge in [-0.1, -0.05) is 48.0 Å². The number of methoxy groups -OCH3 is 1. The summed E-state index contributed by atoms with van der Waals surface area (Å²) in [6.45, 7) is 1.94. The van der Waals surface area contributed by atoms with E-state index in [-0.39, 0.29) is 11.5 Å². The number of aliphatic carboxylic acids is 1. The monoisotopic (exact) mass is 491 g/mol. The van der Waals surface area contributed by atoms with Gasteiger partial charge in [-0.25, -0.2) is 9.59 Å². The Hall–Kier alpha value is -4.46. The normalized spacial score (nSPS) is 12.5. The number of carboxylic acid groups (broad SMARTS) is 1. The zero-order chi connectivity index (χ0) is 25.9. The molecule has 0 heterocycles. The van der Waals surface area contributed by atoms with E-state index in [1.54, 1.807) is 36.4 Å². The number of carboxylic acids is 1. The fraction of sp³-hybridized carbons (Fsp3) is 0.214. The number of carbonyl (C=O) groups is 2. The summed E-state index contributed by atoms with van der Waals surface area (Å²) in [7, 11) is 1.44. The van der Waals surface area contributed by atoms with Crippen LogP contribution in [0.3, 0.4) is 0 Å². The van der Waals surface area contributed by atoms with Gasteiger partial charge in [-0.3, -0.25) is 5.32 Å². The smallest absolute Gasteiger partial charge is 0.412 e. The second kappa shape index (κ2) is 12.9. The minimum atomic E-state index is -1.05. The number of benzene rings is 3. The molecule has 0 bridgehead atoms. The Labute approximate surface area is 209 Å². The van der Waals surface area contributed by atoms with Crippen LogP contribution < -0.4 is 14.8 Å². The molecule has 0 aliphatic heterocycles. The first-order valence-electron chi connectivity index (χ1n) is 11.4. The van der Waals surface area contributed by atoms with Crippen LogP contribution in [0.4, 0.5) is 10.5 Å². The van der Waals surface area contributed by atoms with Gasteiger partial charge in [0.05, 0.1) is 7.11 Å². The number of ether oxygens (including phenoxy) is 3. The SMILES string of the molecule is COc1ccc([C@H](OC(=O)Nc2ccc(C)cc2)[C@H](CC/C=C/C(=O)O)Oc2ccccc2)cc1O. The fourth-order valence-electron chi connectivity index (χ4n) is 3.53. The second-order valence-corrected chi connectivity index (χ2v) is 8.04. The molecule has 0 aliphatic rings. The van der Waals surface area contributed by atoms with Crippen molar-refractivity contribution in [3.05, 3.63) is 96.1 Å². The fourth-order valence-corrected chi connectivity index (χ4v) is 3.53. The average molecular weight is 492 g/mol. The van der Waals surface area contributed by atoms with E-state index in [1.807, 2.05) is 37.3 Å². The maximum absolute atomic E-state index is 12.9. The van der Waals surface area contributed by atoms with Crippen LogP contribution in [0.5, 0.6) is 17.2 Å². The van der Waals surface area contributed by atoms with Crippen LogP contribution in [0, 0.1) is 6.92 Å². The third kappa shape index (κ3) is 7.80. The third-order valence-electron chi connectivity index (χ3n) is 5.31. The number of aryl methyl sites for hydroxylation is 1. The predicted octanol–water partition coefficient (Wildman–Crippen LogP) is 5.87. The molecule has 1 amide bonds. The van der Waals surface area contributed by atoms with Crippen molar-refractivity contribution >= 4 is 17.7 Å². The third-order valence-corrected chi connectivity index (χ3v) is 5.31. The number of nitrogens with one attached hydrogen (secondary N) is 1. The number of rotatable bonds is 11. The lowest BCUT2D eigenvalue weighted by Crippen LogP contribution is -2.31. The highest BCUT2D eigenvalue weighted by atomic mass is 16.6. The molecule has 3 aromatic carbocycles. The quantitative estimate of drug-likeness (QED) is 0.288. The lowest BCUT2D eigenvalue weighted by Gasteiger charge is -2.28. The van der Waals surface area contributed by atoms with E-state index in [4.69, 9.17) is 19.3 Å². The second-order valence-electron chi connectivity index (χ2n) is 8.04. The van der Waals surface area contributed by atoms with Crippen molar-refractivity contribution in [2.24, 2.45) is 0 Å². The molecule has 3 aromatic rings. The highest BCUT2D eigenvalue weighted by Gasteiger charge is 2.30. The van der Waals surface area contributed by atoms with E-state index in [1.165, 1.54) is 19.3 Å². The molecule has 0 spiro atoms. The van der Waals surface area contributed by atoms with Gasteiger partial charge in [0.15, 0.2) is 17.6 Å². The molecule has 0 unspecified atom stereocenters. The van der Waals surface area contributed by atoms with Gasteiger partial charge in [0, 0.05) is 17.3 Å². The van der Waals surface area contributed by atoms with Crippen molar-refractivity contribution in [1.82, 2.24) is 0 Å². The Morgan fingerprint density at radius 1 is 1.03 bits per heavy atom. The molecular formula is C28H29NO7. The molecule has 8 nitrogen and oxygen atoms in total. The molecule has 0 saturated heterocycles. The van der Waals surface area contributed by atoms with Gasteiger partial charge in [-0.05, 0) is 56.2 Å². The number of phenolic OH excluding ortho intramolecular Hbond substituents is 1. The Morgan fingerprint density at radius 2 is 1.75 bits per heavy atom. The molecule has 2 atom stereocenters. The number of aromatic hydroxyl groups is 1. The summed E-state index contributed by atoms with van der Waals surface area (Å²) >= 11 is 0. The van der Waals surface area contributed by atoms with E-state index in [9.17, 15) is 14.7 Å². The van der Waals surface area contributed by atoms with E-state index in [0.717, 1.165) is 11.6 Å². The maximum Gasteiger partial charge on any atom is 0.412 e.